The largest absolute Gasteiger partial charge is 0.455 e. The molecule has 2 rings (SSSR count). The van der Waals surface area contributed by atoms with E-state index in [4.69, 9.17) is 15.1 Å². The van der Waals surface area contributed by atoms with Gasteiger partial charge in [0.05, 0.1) is 11.1 Å². The molecule has 1 atom stereocenters. The van der Waals surface area contributed by atoms with E-state index >= 15 is 0 Å². The maximum atomic E-state index is 12.5. The molecule has 0 aliphatic heterocycles. The lowest BCUT2D eigenvalue weighted by Crippen LogP contribution is -2.32. The van der Waals surface area contributed by atoms with Crippen LogP contribution in [0.3, 0.4) is 0 Å². The summed E-state index contributed by atoms with van der Waals surface area (Å²) in [7, 11) is 0. The predicted molar refractivity (Wildman–Crippen MR) is 90.9 cm³/mol. The Bertz CT molecular complexity index is 737. The van der Waals surface area contributed by atoms with Crippen molar-refractivity contribution >= 4 is 5.91 Å². The molecule has 24 heavy (non-hydrogen) atoms. The van der Waals surface area contributed by atoms with Gasteiger partial charge in [-0.05, 0) is 44.0 Å². The topological polar surface area (TPSA) is 82.3 Å². The van der Waals surface area contributed by atoms with Crippen molar-refractivity contribution in [1.29, 1.82) is 5.26 Å². The number of aliphatic hydroxyl groups excluding tert-OH is 1. The Morgan fingerprint density at radius 1 is 1.21 bits per heavy atom. The van der Waals surface area contributed by atoms with E-state index in [9.17, 15) is 4.79 Å². The molecule has 2 aromatic carbocycles. The molecule has 0 saturated heterocycles. The van der Waals surface area contributed by atoms with Gasteiger partial charge < -0.3 is 15.2 Å². The smallest absolute Gasteiger partial charge is 0.255 e. The van der Waals surface area contributed by atoms with E-state index in [-0.39, 0.29) is 18.6 Å². The Hall–Kier alpha value is -2.84. The fourth-order valence-electron chi connectivity index (χ4n) is 2.28. The van der Waals surface area contributed by atoms with Gasteiger partial charge in [0.15, 0.2) is 0 Å². The summed E-state index contributed by atoms with van der Waals surface area (Å²) in [6.07, 6.45) is 1.33. The summed E-state index contributed by atoms with van der Waals surface area (Å²) in [5.41, 5.74) is 0.810. The fraction of sp³-hybridized carbons (Fsp3) is 0.263. The number of hydrogen-bond acceptors (Lipinski definition) is 4. The van der Waals surface area contributed by atoms with Crippen LogP contribution < -0.4 is 10.1 Å². The number of benzene rings is 2. The third kappa shape index (κ3) is 4.58. The summed E-state index contributed by atoms with van der Waals surface area (Å²) in [5.74, 6) is 0.561. The van der Waals surface area contributed by atoms with Crippen LogP contribution in [-0.2, 0) is 0 Å². The van der Waals surface area contributed by atoms with Crippen LogP contribution >= 0.6 is 0 Å². The van der Waals surface area contributed by atoms with Gasteiger partial charge in [0.2, 0.25) is 0 Å². The number of hydrogen-bond donors (Lipinski definition) is 2. The zero-order chi connectivity index (χ0) is 17.4. The van der Waals surface area contributed by atoms with Gasteiger partial charge in [-0.3, -0.25) is 4.79 Å². The molecular weight excluding hydrogens is 304 g/mol. The zero-order valence-electron chi connectivity index (χ0n) is 13.5. The molecule has 2 N–H and O–H groups in total. The first-order chi connectivity index (χ1) is 11.7. The second-order valence-corrected chi connectivity index (χ2v) is 5.45. The summed E-state index contributed by atoms with van der Waals surface area (Å²) in [5, 5.41) is 20.9. The minimum absolute atomic E-state index is 0.0518. The maximum absolute atomic E-state index is 12.5. The molecule has 5 heteroatoms. The van der Waals surface area contributed by atoms with Crippen LogP contribution in [0.4, 0.5) is 0 Å². The van der Waals surface area contributed by atoms with E-state index in [1.807, 2.05) is 6.92 Å². The van der Waals surface area contributed by atoms with Gasteiger partial charge in [0.1, 0.15) is 17.6 Å². The second-order valence-electron chi connectivity index (χ2n) is 5.45. The Morgan fingerprint density at radius 3 is 2.58 bits per heavy atom. The third-order valence-corrected chi connectivity index (χ3v) is 3.53. The van der Waals surface area contributed by atoms with E-state index in [0.29, 0.717) is 35.5 Å². The lowest BCUT2D eigenvalue weighted by atomic mass is 10.1. The molecule has 0 spiro atoms. The molecule has 1 amide bonds. The van der Waals surface area contributed by atoms with E-state index in [1.165, 1.54) is 0 Å². The monoisotopic (exact) mass is 324 g/mol. The molecule has 0 heterocycles. The number of aliphatic hydroxyl groups is 1. The fourth-order valence-corrected chi connectivity index (χ4v) is 2.28. The van der Waals surface area contributed by atoms with E-state index in [2.05, 4.69) is 11.4 Å². The number of nitrogens with one attached hydrogen (secondary N) is 1. The molecule has 1 unspecified atom stereocenters. The van der Waals surface area contributed by atoms with Crippen molar-refractivity contribution in [3.05, 3.63) is 59.7 Å². The van der Waals surface area contributed by atoms with Crippen molar-refractivity contribution in [2.24, 2.45) is 0 Å². The number of nitrogens with zero attached hydrogens (tertiary/aromatic N) is 1. The first-order valence-electron chi connectivity index (χ1n) is 7.83. The molecule has 0 radical (unpaired) electrons. The molecule has 0 aliphatic carbocycles. The number of carbonyl (C=O) groups is 1. The van der Waals surface area contributed by atoms with E-state index in [0.717, 1.165) is 0 Å². The average molecular weight is 324 g/mol. The highest BCUT2D eigenvalue weighted by atomic mass is 16.5. The highest BCUT2D eigenvalue weighted by Crippen LogP contribution is 2.27. The Morgan fingerprint density at radius 2 is 1.88 bits per heavy atom. The number of nitriles is 1. The van der Waals surface area contributed by atoms with Crippen LogP contribution in [0.25, 0.3) is 0 Å². The van der Waals surface area contributed by atoms with Crippen molar-refractivity contribution < 1.29 is 14.6 Å². The SMILES string of the molecule is CC(CCCO)NC(=O)c1ccccc1Oc1ccccc1C#N. The van der Waals surface area contributed by atoms with Crippen molar-refractivity contribution in [2.75, 3.05) is 6.61 Å². The first kappa shape index (κ1) is 17.5. The Balaban J connectivity index is 2.18. The summed E-state index contributed by atoms with van der Waals surface area (Å²) in [6, 6.07) is 15.8. The highest BCUT2D eigenvalue weighted by molar-refractivity contribution is 5.97. The normalized spacial score (nSPS) is 11.4. The van der Waals surface area contributed by atoms with Crippen LogP contribution in [-0.4, -0.2) is 23.7 Å². The van der Waals surface area contributed by atoms with Crippen molar-refractivity contribution in [1.82, 2.24) is 5.32 Å². The molecule has 0 bridgehead atoms. The molecule has 5 nitrogen and oxygen atoms in total. The van der Waals surface area contributed by atoms with Crippen molar-refractivity contribution in [2.45, 2.75) is 25.8 Å². The van der Waals surface area contributed by atoms with Gasteiger partial charge in [0.25, 0.3) is 5.91 Å². The van der Waals surface area contributed by atoms with Gasteiger partial charge in [-0.15, -0.1) is 0 Å². The summed E-state index contributed by atoms with van der Waals surface area (Å²) >= 11 is 0. The highest BCUT2D eigenvalue weighted by Gasteiger charge is 2.15. The van der Waals surface area contributed by atoms with Gasteiger partial charge in [-0.1, -0.05) is 24.3 Å². The van der Waals surface area contributed by atoms with Gasteiger partial charge >= 0.3 is 0 Å². The Kier molecular flexibility index (Phi) is 6.35. The van der Waals surface area contributed by atoms with Gasteiger partial charge in [-0.2, -0.15) is 5.26 Å². The Labute approximate surface area is 141 Å². The lowest BCUT2D eigenvalue weighted by molar-refractivity contribution is 0.0934. The number of para-hydroxylation sites is 2. The quantitative estimate of drug-likeness (QED) is 0.819. The molecule has 124 valence electrons. The molecule has 0 fully saturated rings. The minimum atomic E-state index is -0.245. The van der Waals surface area contributed by atoms with E-state index < -0.39 is 0 Å². The number of carbonyl (C=O) groups excluding carboxylic acids is 1. The van der Waals surface area contributed by atoms with Crippen LogP contribution in [0.2, 0.25) is 0 Å². The standard InChI is InChI=1S/C19H20N2O3/c1-14(7-6-12-22)21-19(23)16-9-3-5-11-18(16)24-17-10-4-2-8-15(17)13-20/h2-5,8-11,14,22H,6-7,12H2,1H3,(H,21,23). The molecule has 2 aromatic rings. The summed E-state index contributed by atoms with van der Waals surface area (Å²) in [6.45, 7) is 1.99. The zero-order valence-corrected chi connectivity index (χ0v) is 13.5. The molecule has 0 saturated carbocycles. The number of amides is 1. The molecular formula is C19H20N2O3. The van der Waals surface area contributed by atoms with Gasteiger partial charge in [-0.25, -0.2) is 0 Å². The minimum Gasteiger partial charge on any atom is -0.455 e. The average Bonchev–Trinajstić information content (AvgIpc) is 2.60. The number of rotatable bonds is 7. The first-order valence-corrected chi connectivity index (χ1v) is 7.83. The molecule has 0 aromatic heterocycles. The van der Waals surface area contributed by atoms with Crippen LogP contribution in [0.1, 0.15) is 35.7 Å². The van der Waals surface area contributed by atoms with Crippen LogP contribution in [0.5, 0.6) is 11.5 Å². The second kappa shape index (κ2) is 8.70. The van der Waals surface area contributed by atoms with Crippen LogP contribution in [0, 0.1) is 11.3 Å². The van der Waals surface area contributed by atoms with E-state index in [1.54, 1.807) is 48.5 Å². The molecule has 0 aliphatic rings. The summed E-state index contributed by atoms with van der Waals surface area (Å²) in [4.78, 5) is 12.5. The van der Waals surface area contributed by atoms with Gasteiger partial charge in [0, 0.05) is 12.6 Å². The predicted octanol–water partition coefficient (Wildman–Crippen LogP) is 3.24. The van der Waals surface area contributed by atoms with Crippen LogP contribution in [0.15, 0.2) is 48.5 Å². The number of ether oxygens (including phenoxy) is 1. The third-order valence-electron chi connectivity index (χ3n) is 3.53. The maximum Gasteiger partial charge on any atom is 0.255 e. The van der Waals surface area contributed by atoms with Crippen molar-refractivity contribution in [3.8, 4) is 17.6 Å². The summed E-state index contributed by atoms with van der Waals surface area (Å²) < 4.78 is 5.79. The van der Waals surface area contributed by atoms with Crippen molar-refractivity contribution in [3.63, 3.8) is 0 Å². The lowest BCUT2D eigenvalue weighted by Gasteiger charge is -2.16.